The van der Waals surface area contributed by atoms with Crippen LogP contribution >= 0.6 is 0 Å². The van der Waals surface area contributed by atoms with E-state index in [9.17, 15) is 13.2 Å². The van der Waals surface area contributed by atoms with Gasteiger partial charge in [0.2, 0.25) is 0 Å². The van der Waals surface area contributed by atoms with Crippen molar-refractivity contribution in [1.29, 1.82) is 0 Å². The fourth-order valence-electron chi connectivity index (χ4n) is 1.47. The summed E-state index contributed by atoms with van der Waals surface area (Å²) in [6.07, 6.45) is -0.651. The largest absolute Gasteiger partial charge is 0.413 e. The van der Waals surface area contributed by atoms with E-state index in [2.05, 4.69) is 0 Å². The summed E-state index contributed by atoms with van der Waals surface area (Å²) in [5.41, 5.74) is -0.496. The molecule has 0 unspecified atom stereocenters. The highest BCUT2D eigenvalue weighted by Gasteiger charge is 2.43. The second kappa shape index (κ2) is 2.89. The first-order valence-electron chi connectivity index (χ1n) is 4.19. The first kappa shape index (κ1) is 10.4. The molecule has 0 aromatic rings. The van der Waals surface area contributed by atoms with Gasteiger partial charge in [0.05, 0.1) is 0 Å². The van der Waals surface area contributed by atoms with Gasteiger partial charge in [-0.15, -0.1) is 0 Å². The zero-order valence-corrected chi connectivity index (χ0v) is 8.00. The molecule has 0 heterocycles. The number of hydrogen-bond acceptors (Lipinski definition) is 0. The average Bonchev–Trinajstić information content (AvgIpc) is 1.92. The molecule has 0 N–H and O–H groups in total. The lowest BCUT2D eigenvalue weighted by Crippen LogP contribution is -2.28. The number of rotatable bonds is 0. The van der Waals surface area contributed by atoms with Crippen molar-refractivity contribution in [3.63, 3.8) is 0 Å². The molecule has 0 aromatic heterocycles. The van der Waals surface area contributed by atoms with Crippen molar-refractivity contribution in [2.45, 2.75) is 33.4 Å². The molecule has 1 aliphatic carbocycles. The summed E-state index contributed by atoms with van der Waals surface area (Å²) in [5.74, 6) is 0. The molecule has 0 spiro atoms. The lowest BCUT2D eigenvalue weighted by molar-refractivity contribution is -0.105. The summed E-state index contributed by atoms with van der Waals surface area (Å²) in [5, 5.41) is 0. The quantitative estimate of drug-likeness (QED) is 0.544. The zero-order valence-electron chi connectivity index (χ0n) is 8.00. The van der Waals surface area contributed by atoms with E-state index in [-0.39, 0.29) is 0 Å². The third kappa shape index (κ3) is 2.14. The maximum atomic E-state index is 12.5. The Bertz CT molecular complexity index is 266. The van der Waals surface area contributed by atoms with Crippen molar-refractivity contribution in [2.24, 2.45) is 5.41 Å². The van der Waals surface area contributed by atoms with Crippen LogP contribution in [0.5, 0.6) is 0 Å². The molecule has 0 aliphatic heterocycles. The van der Waals surface area contributed by atoms with E-state index in [0.717, 1.165) is 0 Å². The van der Waals surface area contributed by atoms with E-state index in [1.165, 1.54) is 6.08 Å². The summed E-state index contributed by atoms with van der Waals surface area (Å²) in [6.45, 7) is 4.94. The number of allylic oxidation sites excluding steroid dienone is 4. The zero-order chi connectivity index (χ0) is 10.3. The van der Waals surface area contributed by atoms with Gasteiger partial charge in [0, 0.05) is 5.57 Å². The molecule has 0 saturated heterocycles. The van der Waals surface area contributed by atoms with Crippen LogP contribution in [0.15, 0.2) is 23.3 Å². The average molecular weight is 190 g/mol. The number of alkyl halides is 3. The van der Waals surface area contributed by atoms with Crippen molar-refractivity contribution in [1.82, 2.24) is 0 Å². The van der Waals surface area contributed by atoms with Gasteiger partial charge < -0.3 is 0 Å². The summed E-state index contributed by atoms with van der Waals surface area (Å²) in [7, 11) is 0. The van der Waals surface area contributed by atoms with Crippen LogP contribution in [0.2, 0.25) is 0 Å². The second-order valence-electron chi connectivity index (χ2n) is 4.09. The maximum absolute atomic E-state index is 12.5. The van der Waals surface area contributed by atoms with Gasteiger partial charge in [0.1, 0.15) is 0 Å². The molecule has 1 rings (SSSR count). The van der Waals surface area contributed by atoms with Gasteiger partial charge in [-0.1, -0.05) is 31.6 Å². The van der Waals surface area contributed by atoms with Crippen LogP contribution in [0.1, 0.15) is 27.2 Å². The van der Waals surface area contributed by atoms with E-state index in [1.807, 2.05) is 6.08 Å². The SMILES string of the molecule is CC1=CCC(C)(C)C(C(F)(F)F)=C1. The summed E-state index contributed by atoms with van der Waals surface area (Å²) in [4.78, 5) is 0. The molecular weight excluding hydrogens is 177 g/mol. The fourth-order valence-corrected chi connectivity index (χ4v) is 1.47. The summed E-state index contributed by atoms with van der Waals surface area (Å²) in [6, 6.07) is 0. The summed E-state index contributed by atoms with van der Waals surface area (Å²) >= 11 is 0. The lowest BCUT2D eigenvalue weighted by Gasteiger charge is -2.31. The van der Waals surface area contributed by atoms with Crippen LogP contribution in [0.25, 0.3) is 0 Å². The molecule has 0 fully saturated rings. The predicted molar refractivity (Wildman–Crippen MR) is 46.3 cm³/mol. The molecule has 0 atom stereocenters. The first-order valence-corrected chi connectivity index (χ1v) is 4.19. The van der Waals surface area contributed by atoms with E-state index < -0.39 is 17.2 Å². The summed E-state index contributed by atoms with van der Waals surface area (Å²) < 4.78 is 37.5. The van der Waals surface area contributed by atoms with Gasteiger partial charge in [-0.05, 0) is 18.8 Å². The van der Waals surface area contributed by atoms with Gasteiger partial charge in [-0.25, -0.2) is 0 Å². The van der Waals surface area contributed by atoms with E-state index in [4.69, 9.17) is 0 Å². The topological polar surface area (TPSA) is 0 Å². The third-order valence-corrected chi connectivity index (χ3v) is 2.34. The van der Waals surface area contributed by atoms with Gasteiger partial charge in [-0.2, -0.15) is 13.2 Å². The van der Waals surface area contributed by atoms with Gasteiger partial charge in [0.25, 0.3) is 0 Å². The van der Waals surface area contributed by atoms with E-state index >= 15 is 0 Å². The molecule has 0 aromatic carbocycles. The van der Waals surface area contributed by atoms with Crippen LogP contribution in [0, 0.1) is 5.41 Å². The Kier molecular flexibility index (Phi) is 2.30. The Morgan fingerprint density at radius 3 is 2.23 bits per heavy atom. The molecular formula is C10H13F3. The van der Waals surface area contributed by atoms with Crippen molar-refractivity contribution in [3.8, 4) is 0 Å². The smallest absolute Gasteiger partial charge is 0.166 e. The first-order chi connectivity index (χ1) is 5.73. The van der Waals surface area contributed by atoms with Gasteiger partial charge >= 0.3 is 6.18 Å². The van der Waals surface area contributed by atoms with Crippen LogP contribution in [-0.4, -0.2) is 6.18 Å². The fraction of sp³-hybridized carbons (Fsp3) is 0.600. The Morgan fingerprint density at radius 1 is 1.31 bits per heavy atom. The maximum Gasteiger partial charge on any atom is 0.413 e. The van der Waals surface area contributed by atoms with Crippen LogP contribution < -0.4 is 0 Å². The predicted octanol–water partition coefficient (Wildman–Crippen LogP) is 3.85. The van der Waals surface area contributed by atoms with E-state index in [1.54, 1.807) is 20.8 Å². The minimum atomic E-state index is -4.20. The molecule has 0 bridgehead atoms. The standard InChI is InChI=1S/C10H13F3/c1-7-4-5-9(2,3)8(6-7)10(11,12)13/h4,6H,5H2,1-3H3. The molecule has 3 heteroatoms. The van der Waals surface area contributed by atoms with Gasteiger partial charge in [0.15, 0.2) is 0 Å². The van der Waals surface area contributed by atoms with Crippen LogP contribution in [0.3, 0.4) is 0 Å². The van der Waals surface area contributed by atoms with Crippen molar-refractivity contribution >= 4 is 0 Å². The molecule has 0 amide bonds. The highest BCUT2D eigenvalue weighted by Crippen LogP contribution is 2.44. The number of halogens is 3. The van der Waals surface area contributed by atoms with Crippen LogP contribution in [-0.2, 0) is 0 Å². The Balaban J connectivity index is 3.09. The molecule has 74 valence electrons. The highest BCUT2D eigenvalue weighted by molar-refractivity contribution is 5.33. The minimum Gasteiger partial charge on any atom is -0.166 e. The molecule has 13 heavy (non-hydrogen) atoms. The highest BCUT2D eigenvalue weighted by atomic mass is 19.4. The Morgan fingerprint density at radius 2 is 1.85 bits per heavy atom. The minimum absolute atomic E-state index is 0.417. The number of hydrogen-bond donors (Lipinski definition) is 0. The second-order valence-corrected chi connectivity index (χ2v) is 4.09. The van der Waals surface area contributed by atoms with Crippen molar-refractivity contribution in [3.05, 3.63) is 23.3 Å². The third-order valence-electron chi connectivity index (χ3n) is 2.34. The molecule has 1 aliphatic rings. The van der Waals surface area contributed by atoms with Gasteiger partial charge in [-0.3, -0.25) is 0 Å². The monoisotopic (exact) mass is 190 g/mol. The van der Waals surface area contributed by atoms with Crippen LogP contribution in [0.4, 0.5) is 13.2 Å². The van der Waals surface area contributed by atoms with E-state index in [0.29, 0.717) is 12.0 Å². The molecule has 0 radical (unpaired) electrons. The molecule has 0 nitrogen and oxygen atoms in total. The lowest BCUT2D eigenvalue weighted by atomic mass is 9.76. The molecule has 0 saturated carbocycles. The Labute approximate surface area is 76.1 Å². The van der Waals surface area contributed by atoms with Crippen molar-refractivity contribution < 1.29 is 13.2 Å². The van der Waals surface area contributed by atoms with Crippen molar-refractivity contribution in [2.75, 3.05) is 0 Å². The Hall–Kier alpha value is -0.730. The normalized spacial score (nSPS) is 22.3.